The van der Waals surface area contributed by atoms with Crippen molar-refractivity contribution in [2.75, 3.05) is 6.16 Å². The van der Waals surface area contributed by atoms with Crippen LogP contribution in [0, 0.1) is 0 Å². The van der Waals surface area contributed by atoms with E-state index in [9.17, 15) is 0 Å². The Bertz CT molecular complexity index is 87.6. The van der Waals surface area contributed by atoms with Gasteiger partial charge in [0.15, 0.2) is 0 Å². The summed E-state index contributed by atoms with van der Waals surface area (Å²) in [6, 6.07) is 0. The Hall–Kier alpha value is 0.350. The first-order valence-electron chi connectivity index (χ1n) is 6.28. The molecular weight excluding hydrogens is 207 g/mol. The van der Waals surface area contributed by atoms with Crippen molar-refractivity contribution in [3.05, 3.63) is 0 Å². The Morgan fingerprint density at radius 2 is 1.13 bits per heavy atom. The highest BCUT2D eigenvalue weighted by Crippen LogP contribution is 2.12. The number of hydrogen-bond donors (Lipinski definition) is 1. The summed E-state index contributed by atoms with van der Waals surface area (Å²) in [6.45, 7) is 2.27. The molecule has 0 heterocycles. The molecule has 3 N–H and O–H groups in total. The molecule has 0 aliphatic rings. The van der Waals surface area contributed by atoms with E-state index in [-0.39, 0.29) is 14.3 Å². The minimum absolute atomic E-state index is 0. The van der Waals surface area contributed by atoms with Crippen molar-refractivity contribution in [2.45, 2.75) is 71.1 Å². The van der Waals surface area contributed by atoms with Gasteiger partial charge in [0.25, 0.3) is 0 Å². The average molecular weight is 236 g/mol. The van der Waals surface area contributed by atoms with Crippen LogP contribution in [-0.4, -0.2) is 16.5 Å². The summed E-state index contributed by atoms with van der Waals surface area (Å²) >= 11 is 0. The molecule has 0 saturated carbocycles. The third kappa shape index (κ3) is 17.0. The highest BCUT2D eigenvalue weighted by molar-refractivity contribution is 7.31. The summed E-state index contributed by atoms with van der Waals surface area (Å²) in [6.07, 6.45) is 14.8. The fourth-order valence-corrected chi connectivity index (χ4v) is 2.10. The maximum atomic E-state index is 8.62. The molecular formula is C12H29O2P. The van der Waals surface area contributed by atoms with Crippen LogP contribution in [0.2, 0.25) is 0 Å². The lowest BCUT2D eigenvalue weighted by Gasteiger charge is -2.01. The van der Waals surface area contributed by atoms with Crippen LogP contribution in [0.15, 0.2) is 0 Å². The Morgan fingerprint density at radius 1 is 0.733 bits per heavy atom. The second-order valence-corrected chi connectivity index (χ2v) is 4.91. The molecule has 0 aromatic heterocycles. The summed E-state index contributed by atoms with van der Waals surface area (Å²) in [5, 5.41) is 0. The van der Waals surface area contributed by atoms with Gasteiger partial charge in [0.2, 0.25) is 0 Å². The molecule has 2 nitrogen and oxygen atoms in total. The average Bonchev–Trinajstić information content (AvgIpc) is 2.21. The van der Waals surface area contributed by atoms with Crippen LogP contribution in [0.1, 0.15) is 71.1 Å². The van der Waals surface area contributed by atoms with Crippen LogP contribution >= 0.6 is 8.81 Å². The zero-order valence-electron chi connectivity index (χ0n) is 10.2. The zero-order chi connectivity index (χ0) is 10.5. The number of unbranched alkanes of at least 4 members (excludes halogenated alkanes) is 9. The topological polar surface area (TPSA) is 51.7 Å². The molecule has 0 aliphatic carbocycles. The van der Waals surface area contributed by atoms with Crippen molar-refractivity contribution in [1.29, 1.82) is 0 Å². The van der Waals surface area contributed by atoms with E-state index in [0.717, 1.165) is 6.16 Å². The van der Waals surface area contributed by atoms with Gasteiger partial charge in [0.05, 0.1) is 0 Å². The molecule has 0 rings (SSSR count). The first-order valence-corrected chi connectivity index (χ1v) is 7.44. The second kappa shape index (κ2) is 16.8. The first-order chi connectivity index (χ1) is 6.91. The minimum Gasteiger partial charge on any atom is -0.412 e. The van der Waals surface area contributed by atoms with Crippen LogP contribution in [0.5, 0.6) is 0 Å². The Kier molecular flexibility index (Phi) is 19.8. The van der Waals surface area contributed by atoms with E-state index < -0.39 is 0 Å². The Morgan fingerprint density at radius 3 is 1.53 bits per heavy atom. The smallest absolute Gasteiger partial charge is 0.0107 e. The summed E-state index contributed by atoms with van der Waals surface area (Å²) in [5.74, 6) is 0. The van der Waals surface area contributed by atoms with Crippen molar-refractivity contribution in [3.8, 4) is 0 Å². The summed E-state index contributed by atoms with van der Waals surface area (Å²) in [5.41, 5.74) is 0. The van der Waals surface area contributed by atoms with E-state index in [1.807, 2.05) is 0 Å². The Labute approximate surface area is 97.0 Å². The highest BCUT2D eigenvalue weighted by atomic mass is 31.1. The molecule has 3 heteroatoms. The first kappa shape index (κ1) is 17.7. The van der Waals surface area contributed by atoms with Crippen molar-refractivity contribution >= 4 is 8.81 Å². The van der Waals surface area contributed by atoms with Gasteiger partial charge in [-0.05, 0) is 12.6 Å². The fraction of sp³-hybridized carbons (Fsp3) is 1.00. The minimum atomic E-state index is 0. The molecule has 94 valence electrons. The van der Waals surface area contributed by atoms with Gasteiger partial charge < -0.3 is 10.4 Å². The molecule has 1 unspecified atom stereocenters. The summed E-state index contributed by atoms with van der Waals surface area (Å²) in [4.78, 5) is 8.62. The Balaban J connectivity index is 0. The molecule has 0 radical (unpaired) electrons. The van der Waals surface area contributed by atoms with Gasteiger partial charge in [-0.25, -0.2) is 0 Å². The molecule has 1 atom stereocenters. The van der Waals surface area contributed by atoms with Crippen LogP contribution in [0.25, 0.3) is 0 Å². The van der Waals surface area contributed by atoms with Crippen molar-refractivity contribution in [2.24, 2.45) is 0 Å². The van der Waals surface area contributed by atoms with Crippen molar-refractivity contribution in [3.63, 3.8) is 0 Å². The largest absolute Gasteiger partial charge is 0.412 e. The van der Waals surface area contributed by atoms with Crippen LogP contribution in [0.4, 0.5) is 0 Å². The molecule has 0 spiro atoms. The molecule has 0 saturated heterocycles. The van der Waals surface area contributed by atoms with E-state index in [0.29, 0.717) is 0 Å². The third-order valence-electron chi connectivity index (χ3n) is 2.64. The van der Waals surface area contributed by atoms with Crippen LogP contribution < -0.4 is 0 Å². The van der Waals surface area contributed by atoms with Gasteiger partial charge in [-0.1, -0.05) is 64.7 Å². The molecule has 15 heavy (non-hydrogen) atoms. The van der Waals surface area contributed by atoms with Gasteiger partial charge in [0, 0.05) is 8.81 Å². The second-order valence-electron chi connectivity index (χ2n) is 4.09. The van der Waals surface area contributed by atoms with Crippen LogP contribution in [-0.2, 0) is 0 Å². The van der Waals surface area contributed by atoms with Gasteiger partial charge in [-0.2, -0.15) is 0 Å². The predicted molar refractivity (Wildman–Crippen MR) is 70.9 cm³/mol. The SMILES string of the molecule is CCCCCCCCCCCCPO.O. The normalized spacial score (nSPS) is 10.8. The van der Waals surface area contributed by atoms with Crippen LogP contribution in [0.3, 0.4) is 0 Å². The highest BCUT2D eigenvalue weighted by Gasteiger charge is 1.91. The van der Waals surface area contributed by atoms with Gasteiger partial charge in [-0.15, -0.1) is 0 Å². The standard InChI is InChI=1S/C12H27OP.H2O/c1-2-3-4-5-6-7-8-9-10-11-12-14-13;/h13-14H,2-12H2,1H3;1H2. The molecule has 0 amide bonds. The number of rotatable bonds is 11. The monoisotopic (exact) mass is 236 g/mol. The molecule has 0 bridgehead atoms. The maximum absolute atomic E-state index is 8.62. The lowest BCUT2D eigenvalue weighted by Crippen LogP contribution is -1.82. The lowest BCUT2D eigenvalue weighted by atomic mass is 10.1. The van der Waals surface area contributed by atoms with E-state index in [4.69, 9.17) is 4.89 Å². The van der Waals surface area contributed by atoms with Gasteiger partial charge in [0.1, 0.15) is 0 Å². The van der Waals surface area contributed by atoms with E-state index in [1.54, 1.807) is 0 Å². The van der Waals surface area contributed by atoms with Gasteiger partial charge >= 0.3 is 0 Å². The molecule has 0 fully saturated rings. The predicted octanol–water partition coefficient (Wildman–Crippen LogP) is 3.67. The van der Waals surface area contributed by atoms with E-state index in [2.05, 4.69) is 6.92 Å². The lowest BCUT2D eigenvalue weighted by molar-refractivity contribution is 0.561. The van der Waals surface area contributed by atoms with Crippen molar-refractivity contribution < 1.29 is 10.4 Å². The quantitative estimate of drug-likeness (QED) is 0.432. The van der Waals surface area contributed by atoms with E-state index in [1.165, 1.54) is 64.2 Å². The zero-order valence-corrected chi connectivity index (χ0v) is 11.2. The van der Waals surface area contributed by atoms with E-state index >= 15 is 0 Å². The molecule has 0 aliphatic heterocycles. The number of hydrogen-bond acceptors (Lipinski definition) is 1. The molecule has 0 aromatic rings. The third-order valence-corrected chi connectivity index (χ3v) is 3.22. The fourth-order valence-electron chi connectivity index (χ4n) is 1.69. The summed E-state index contributed by atoms with van der Waals surface area (Å²) in [7, 11) is 0.170. The molecule has 0 aromatic carbocycles. The van der Waals surface area contributed by atoms with Crippen molar-refractivity contribution in [1.82, 2.24) is 0 Å². The summed E-state index contributed by atoms with van der Waals surface area (Å²) < 4.78 is 0. The van der Waals surface area contributed by atoms with Gasteiger partial charge in [-0.3, -0.25) is 0 Å². The maximum Gasteiger partial charge on any atom is 0.0107 e.